The molecule has 0 spiro atoms. The van der Waals surface area contributed by atoms with Crippen LogP contribution in [0.1, 0.15) is 48.6 Å². The number of amides is 1. The third-order valence-corrected chi connectivity index (χ3v) is 4.76. The minimum absolute atomic E-state index is 0.103. The van der Waals surface area contributed by atoms with Gasteiger partial charge in [0, 0.05) is 30.8 Å². The lowest BCUT2D eigenvalue weighted by atomic mass is 10.0. The highest BCUT2D eigenvalue weighted by Gasteiger charge is 2.24. The molecule has 148 valence electrons. The number of carbonyl (C=O) groups is 1. The van der Waals surface area contributed by atoms with Crippen molar-refractivity contribution < 1.29 is 4.79 Å². The lowest BCUT2D eigenvalue weighted by Gasteiger charge is -2.21. The van der Waals surface area contributed by atoms with Crippen LogP contribution in [0.15, 0.2) is 55.0 Å². The Morgan fingerprint density at radius 2 is 1.90 bits per heavy atom. The third kappa shape index (κ3) is 3.87. The second kappa shape index (κ2) is 7.83. The fourth-order valence-corrected chi connectivity index (χ4v) is 3.09. The fourth-order valence-electron chi connectivity index (χ4n) is 3.09. The van der Waals surface area contributed by atoms with Crippen molar-refractivity contribution in [2.24, 2.45) is 0 Å². The van der Waals surface area contributed by atoms with Crippen molar-refractivity contribution >= 4 is 17.4 Å². The van der Waals surface area contributed by atoms with Gasteiger partial charge >= 0.3 is 0 Å². The Hall–Kier alpha value is -3.55. The molecule has 0 saturated heterocycles. The molecule has 29 heavy (non-hydrogen) atoms. The van der Waals surface area contributed by atoms with Gasteiger partial charge in [0.1, 0.15) is 0 Å². The van der Waals surface area contributed by atoms with Crippen molar-refractivity contribution in [1.29, 1.82) is 0 Å². The molecule has 0 N–H and O–H groups in total. The van der Waals surface area contributed by atoms with E-state index in [0.29, 0.717) is 18.2 Å². The number of hydrogen-bond donors (Lipinski definition) is 0. The molecule has 8 heteroatoms. The number of benzene rings is 1. The largest absolute Gasteiger partial charge is 0.300 e. The summed E-state index contributed by atoms with van der Waals surface area (Å²) in [5, 5.41) is 8.82. The highest BCUT2D eigenvalue weighted by atomic mass is 16.2. The molecule has 0 fully saturated rings. The first-order chi connectivity index (χ1) is 14.0. The SMILES string of the molecule is CCn1ccc(CN(C(=O)c2nc3ncccn3n2)c2ccc(C(C)C)cc2)n1. The van der Waals surface area contributed by atoms with Crippen LogP contribution in [0.25, 0.3) is 5.78 Å². The van der Waals surface area contributed by atoms with Crippen LogP contribution in [0.5, 0.6) is 0 Å². The zero-order valence-electron chi connectivity index (χ0n) is 16.7. The second-order valence-corrected chi connectivity index (χ2v) is 7.10. The van der Waals surface area contributed by atoms with Crippen molar-refractivity contribution in [3.8, 4) is 0 Å². The first kappa shape index (κ1) is 18.8. The number of carbonyl (C=O) groups excluding carboxylic acids is 1. The molecule has 0 saturated carbocycles. The molecular weight excluding hydrogens is 366 g/mol. The smallest absolute Gasteiger partial charge is 0.298 e. The molecule has 0 radical (unpaired) electrons. The van der Waals surface area contributed by atoms with Gasteiger partial charge in [0.2, 0.25) is 5.82 Å². The van der Waals surface area contributed by atoms with Gasteiger partial charge < -0.3 is 0 Å². The predicted octanol–water partition coefficient (Wildman–Crippen LogP) is 3.31. The molecule has 0 bridgehead atoms. The Morgan fingerprint density at radius 3 is 2.55 bits per heavy atom. The molecule has 0 unspecified atom stereocenters. The molecule has 4 rings (SSSR count). The number of hydrogen-bond acceptors (Lipinski definition) is 5. The van der Waals surface area contributed by atoms with E-state index in [1.54, 1.807) is 23.4 Å². The van der Waals surface area contributed by atoms with E-state index in [-0.39, 0.29) is 11.7 Å². The average molecular weight is 389 g/mol. The molecular formula is C21H23N7O. The minimum atomic E-state index is -0.293. The van der Waals surface area contributed by atoms with Crippen LogP contribution >= 0.6 is 0 Å². The van der Waals surface area contributed by atoms with Crippen molar-refractivity contribution in [3.05, 3.63) is 72.1 Å². The lowest BCUT2D eigenvalue weighted by molar-refractivity contribution is 0.0975. The highest BCUT2D eigenvalue weighted by Crippen LogP contribution is 2.23. The molecule has 0 aliphatic rings. The van der Waals surface area contributed by atoms with E-state index in [1.807, 2.05) is 48.1 Å². The first-order valence-corrected chi connectivity index (χ1v) is 9.66. The molecule has 3 aromatic heterocycles. The van der Waals surface area contributed by atoms with Gasteiger partial charge in [-0.1, -0.05) is 26.0 Å². The van der Waals surface area contributed by atoms with Gasteiger partial charge in [0.05, 0.1) is 12.2 Å². The van der Waals surface area contributed by atoms with Gasteiger partial charge in [-0.15, -0.1) is 5.10 Å². The summed E-state index contributed by atoms with van der Waals surface area (Å²) >= 11 is 0. The zero-order chi connectivity index (χ0) is 20.4. The fraction of sp³-hybridized carbons (Fsp3) is 0.286. The predicted molar refractivity (Wildman–Crippen MR) is 110 cm³/mol. The van der Waals surface area contributed by atoms with Crippen LogP contribution in [0.2, 0.25) is 0 Å². The quantitative estimate of drug-likeness (QED) is 0.505. The topological polar surface area (TPSA) is 81.2 Å². The van der Waals surface area contributed by atoms with Crippen LogP contribution in [-0.2, 0) is 13.1 Å². The van der Waals surface area contributed by atoms with Gasteiger partial charge in [-0.3, -0.25) is 14.4 Å². The summed E-state index contributed by atoms with van der Waals surface area (Å²) in [5.41, 5.74) is 2.79. The van der Waals surface area contributed by atoms with Gasteiger partial charge in [-0.05, 0) is 42.7 Å². The average Bonchev–Trinajstić information content (AvgIpc) is 3.38. The summed E-state index contributed by atoms with van der Waals surface area (Å²) in [7, 11) is 0. The minimum Gasteiger partial charge on any atom is -0.300 e. The third-order valence-electron chi connectivity index (χ3n) is 4.76. The highest BCUT2D eigenvalue weighted by molar-refractivity contribution is 6.03. The van der Waals surface area contributed by atoms with E-state index in [9.17, 15) is 4.79 Å². The van der Waals surface area contributed by atoms with E-state index in [4.69, 9.17) is 0 Å². The van der Waals surface area contributed by atoms with Gasteiger partial charge in [-0.2, -0.15) is 10.1 Å². The maximum Gasteiger partial charge on any atom is 0.298 e. The van der Waals surface area contributed by atoms with Crippen molar-refractivity contribution in [2.45, 2.75) is 39.8 Å². The maximum atomic E-state index is 13.3. The summed E-state index contributed by atoms with van der Waals surface area (Å²) in [6.45, 7) is 7.41. The number of nitrogens with zero attached hydrogens (tertiary/aromatic N) is 7. The van der Waals surface area contributed by atoms with Crippen molar-refractivity contribution in [3.63, 3.8) is 0 Å². The van der Waals surface area contributed by atoms with Crippen LogP contribution in [0.4, 0.5) is 5.69 Å². The molecule has 1 aromatic carbocycles. The molecule has 4 aromatic rings. The number of anilines is 1. The lowest BCUT2D eigenvalue weighted by Crippen LogP contribution is -2.31. The summed E-state index contributed by atoms with van der Waals surface area (Å²) in [6.07, 6.45) is 5.25. The molecule has 1 amide bonds. The number of fused-ring (bicyclic) bond motifs is 1. The van der Waals surface area contributed by atoms with Gasteiger partial charge in [0.15, 0.2) is 0 Å². The van der Waals surface area contributed by atoms with Crippen LogP contribution < -0.4 is 4.90 Å². The first-order valence-electron chi connectivity index (χ1n) is 9.66. The Bertz CT molecular complexity index is 1090. The van der Waals surface area contributed by atoms with E-state index >= 15 is 0 Å². The Labute approximate surface area is 168 Å². The van der Waals surface area contributed by atoms with E-state index in [2.05, 4.69) is 34.0 Å². The summed E-state index contributed by atoms with van der Waals surface area (Å²) < 4.78 is 3.34. The monoisotopic (exact) mass is 389 g/mol. The van der Waals surface area contributed by atoms with Crippen LogP contribution in [0.3, 0.4) is 0 Å². The molecule has 0 aliphatic heterocycles. The molecule has 3 heterocycles. The van der Waals surface area contributed by atoms with E-state index < -0.39 is 0 Å². The Kier molecular flexibility index (Phi) is 5.07. The maximum absolute atomic E-state index is 13.3. The standard InChI is InChI=1S/C21H23N7O/c1-4-26-13-10-17(24-26)14-27(18-8-6-16(7-9-18)15(2)3)20(29)19-23-21-22-11-5-12-28(21)25-19/h5-13,15H,4,14H2,1-3H3. The Balaban J connectivity index is 1.70. The summed E-state index contributed by atoms with van der Waals surface area (Å²) in [4.78, 5) is 23.4. The second-order valence-electron chi connectivity index (χ2n) is 7.10. The Morgan fingerprint density at radius 1 is 1.10 bits per heavy atom. The van der Waals surface area contributed by atoms with Crippen molar-refractivity contribution in [1.82, 2.24) is 29.4 Å². The summed E-state index contributed by atoms with van der Waals surface area (Å²) in [6, 6.07) is 11.7. The molecule has 8 nitrogen and oxygen atoms in total. The number of aromatic nitrogens is 6. The van der Waals surface area contributed by atoms with Gasteiger partial charge in [0.25, 0.3) is 11.7 Å². The van der Waals surface area contributed by atoms with E-state index in [1.165, 1.54) is 10.1 Å². The molecule has 0 atom stereocenters. The van der Waals surface area contributed by atoms with Crippen molar-refractivity contribution in [2.75, 3.05) is 4.90 Å². The van der Waals surface area contributed by atoms with Crippen LogP contribution in [0, 0.1) is 0 Å². The number of aryl methyl sites for hydroxylation is 1. The van der Waals surface area contributed by atoms with E-state index in [0.717, 1.165) is 17.9 Å². The van der Waals surface area contributed by atoms with Crippen LogP contribution in [-0.4, -0.2) is 35.3 Å². The molecule has 0 aliphatic carbocycles. The normalized spacial score (nSPS) is 11.3. The zero-order valence-corrected chi connectivity index (χ0v) is 16.7. The van der Waals surface area contributed by atoms with Gasteiger partial charge in [-0.25, -0.2) is 9.50 Å². The number of rotatable bonds is 6. The summed E-state index contributed by atoms with van der Waals surface area (Å²) in [5.74, 6) is 0.617.